The molecule has 1 unspecified atom stereocenters. The van der Waals surface area contributed by atoms with Gasteiger partial charge in [0.05, 0.1) is 0 Å². The van der Waals surface area contributed by atoms with Crippen LogP contribution in [0.5, 0.6) is 11.5 Å². The molecule has 1 aliphatic heterocycles. The molecule has 3 radical (unpaired) electrons. The summed E-state index contributed by atoms with van der Waals surface area (Å²) in [5.74, 6) is 1.85. The first-order valence-corrected chi connectivity index (χ1v) is 9.15. The van der Waals surface area contributed by atoms with Gasteiger partial charge in [-0.1, -0.05) is 0 Å². The van der Waals surface area contributed by atoms with Crippen molar-refractivity contribution < 1.29 is 14.3 Å². The van der Waals surface area contributed by atoms with Crippen LogP contribution in [-0.2, 0) is 11.2 Å². The minimum absolute atomic E-state index is 0.195. The fourth-order valence-corrected chi connectivity index (χ4v) is 2.91. The molecular formula is C14H18NO3Pb. The molecule has 0 aromatic heterocycles. The van der Waals surface area contributed by atoms with Gasteiger partial charge in [-0.15, -0.1) is 0 Å². The first-order chi connectivity index (χ1) is 9.11. The van der Waals surface area contributed by atoms with Gasteiger partial charge in [0.15, 0.2) is 0 Å². The molecule has 0 bridgehead atoms. The van der Waals surface area contributed by atoms with Crippen molar-refractivity contribution in [2.45, 2.75) is 29.8 Å². The van der Waals surface area contributed by atoms with Crippen LogP contribution in [0.4, 0.5) is 0 Å². The molecule has 0 saturated heterocycles. The van der Waals surface area contributed by atoms with E-state index in [0.717, 1.165) is 47.7 Å². The Kier molecular flexibility index (Phi) is 5.07. The molecular weight excluding hydrogens is 437 g/mol. The maximum atomic E-state index is 11.9. The minimum atomic E-state index is 0.195. The second-order valence-corrected chi connectivity index (χ2v) is 6.69. The Hall–Kier alpha value is -0.788. The molecule has 0 spiro atoms. The fourth-order valence-electron chi connectivity index (χ4n) is 2.08. The first kappa shape index (κ1) is 14.6. The maximum absolute atomic E-state index is 11.9. The Bertz CT molecular complexity index is 464. The van der Waals surface area contributed by atoms with Crippen molar-refractivity contribution in [1.29, 1.82) is 0 Å². The standard InChI is InChI=1S/C14H18NO3.Pb/c1-4-14(16)15(3)10(2)7-11-5-6-12-13(8-11)18-9-17-12;/h5-6,8,10H,1,4,7,9H2,2-3H3;. The number of benzene rings is 1. The molecule has 5 heteroatoms. The monoisotopic (exact) mass is 456 g/mol. The van der Waals surface area contributed by atoms with E-state index in [0.29, 0.717) is 13.2 Å². The Morgan fingerprint density at radius 3 is 2.89 bits per heavy atom. The van der Waals surface area contributed by atoms with Gasteiger partial charge in [0.2, 0.25) is 0 Å². The molecule has 1 atom stereocenters. The third-order valence-corrected chi connectivity index (χ3v) is 4.33. The number of fused-ring (bicyclic) bond motifs is 1. The van der Waals surface area contributed by atoms with Crippen LogP contribution in [-0.4, -0.2) is 56.5 Å². The van der Waals surface area contributed by atoms with Gasteiger partial charge < -0.3 is 0 Å². The molecule has 1 heterocycles. The summed E-state index contributed by atoms with van der Waals surface area (Å²) in [5, 5.41) is 0. The summed E-state index contributed by atoms with van der Waals surface area (Å²) in [6.07, 6.45) is 1.51. The van der Waals surface area contributed by atoms with E-state index >= 15 is 0 Å². The van der Waals surface area contributed by atoms with Crippen molar-refractivity contribution in [3.63, 3.8) is 0 Å². The van der Waals surface area contributed by atoms with Crippen LogP contribution in [0.3, 0.4) is 0 Å². The summed E-state index contributed by atoms with van der Waals surface area (Å²) in [7, 11) is 1.89. The van der Waals surface area contributed by atoms with Gasteiger partial charge in [0.25, 0.3) is 0 Å². The van der Waals surface area contributed by atoms with Gasteiger partial charge in [0, 0.05) is 0 Å². The zero-order valence-corrected chi connectivity index (χ0v) is 15.2. The normalized spacial score (nSPS) is 14.3. The van der Waals surface area contributed by atoms with E-state index in [2.05, 4.69) is 6.92 Å². The number of ether oxygens (including phenoxy) is 2. The van der Waals surface area contributed by atoms with Crippen LogP contribution < -0.4 is 9.47 Å². The van der Waals surface area contributed by atoms with Crippen molar-refractivity contribution in [2.75, 3.05) is 13.8 Å². The molecule has 101 valence electrons. The van der Waals surface area contributed by atoms with Crippen LogP contribution in [0.2, 0.25) is 3.98 Å². The molecule has 4 nitrogen and oxygen atoms in total. The third-order valence-electron chi connectivity index (χ3n) is 3.36. The summed E-state index contributed by atoms with van der Waals surface area (Å²) in [5.41, 5.74) is 1.17. The van der Waals surface area contributed by atoms with Crippen LogP contribution in [0.25, 0.3) is 0 Å². The molecule has 2 rings (SSSR count). The molecule has 0 N–H and O–H groups in total. The first-order valence-electron chi connectivity index (χ1n) is 6.40. The van der Waals surface area contributed by atoms with E-state index in [1.807, 2.05) is 30.1 Å². The third kappa shape index (κ3) is 3.61. The fraction of sp³-hybridized carbons (Fsp3) is 0.500. The Morgan fingerprint density at radius 1 is 1.42 bits per heavy atom. The Morgan fingerprint density at radius 2 is 2.16 bits per heavy atom. The number of carbonyl (C=O) groups is 1. The number of hydrogen-bond donors (Lipinski definition) is 0. The Labute approximate surface area is 129 Å². The van der Waals surface area contributed by atoms with E-state index in [4.69, 9.17) is 9.47 Å². The molecule has 1 aromatic rings. The number of rotatable bonds is 5. The van der Waals surface area contributed by atoms with E-state index in [-0.39, 0.29) is 11.9 Å². The number of carbonyl (C=O) groups excluding carboxylic acids is 1. The average Bonchev–Trinajstić information content (AvgIpc) is 2.85. The van der Waals surface area contributed by atoms with Gasteiger partial charge in [-0.2, -0.15) is 0 Å². The molecule has 1 aromatic carbocycles. The molecule has 0 fully saturated rings. The van der Waals surface area contributed by atoms with Crippen molar-refractivity contribution in [1.82, 2.24) is 4.90 Å². The van der Waals surface area contributed by atoms with Crippen LogP contribution in [0, 0.1) is 0 Å². The molecule has 1 aliphatic rings. The molecule has 0 aliphatic carbocycles. The Balaban J connectivity index is 1.98. The zero-order valence-electron chi connectivity index (χ0n) is 11.3. The van der Waals surface area contributed by atoms with Gasteiger partial charge in [-0.3, -0.25) is 0 Å². The van der Waals surface area contributed by atoms with Gasteiger partial charge >= 0.3 is 130 Å². The molecule has 0 saturated carbocycles. The van der Waals surface area contributed by atoms with E-state index in [9.17, 15) is 4.79 Å². The van der Waals surface area contributed by atoms with Crippen molar-refractivity contribution in [2.24, 2.45) is 0 Å². The van der Waals surface area contributed by atoms with E-state index < -0.39 is 0 Å². The predicted molar refractivity (Wildman–Crippen MR) is 73.7 cm³/mol. The van der Waals surface area contributed by atoms with Crippen LogP contribution >= 0.6 is 0 Å². The second-order valence-electron chi connectivity index (χ2n) is 4.75. The van der Waals surface area contributed by atoms with Gasteiger partial charge in [-0.05, 0) is 0 Å². The summed E-state index contributed by atoms with van der Waals surface area (Å²) in [6, 6.07) is 6.17. The van der Waals surface area contributed by atoms with Crippen LogP contribution in [0.15, 0.2) is 18.2 Å². The number of likely N-dealkylation sites (N-methyl/N-ethyl adjacent to an activating group) is 1. The molecule has 1 amide bonds. The van der Waals surface area contributed by atoms with Crippen molar-refractivity contribution in [3.8, 4) is 11.5 Å². The quantitative estimate of drug-likeness (QED) is 0.636. The average molecular weight is 456 g/mol. The summed E-state index contributed by atoms with van der Waals surface area (Å²) >= 11 is 1.08. The SMILES string of the molecule is CC(Cc1ccc2c(c1)OCO2)N(C)C(=O)C[CH2][Pb]. The predicted octanol–water partition coefficient (Wildman–Crippen LogP) is 1.78. The van der Waals surface area contributed by atoms with Gasteiger partial charge in [-0.25, -0.2) is 0 Å². The van der Waals surface area contributed by atoms with Crippen LogP contribution in [0.1, 0.15) is 18.9 Å². The summed E-state index contributed by atoms with van der Waals surface area (Å²) < 4.78 is 11.7. The van der Waals surface area contributed by atoms with Crippen molar-refractivity contribution in [3.05, 3.63) is 23.8 Å². The number of amides is 1. The zero-order chi connectivity index (χ0) is 13.8. The number of nitrogens with zero attached hydrogens (tertiary/aromatic N) is 1. The van der Waals surface area contributed by atoms with Crippen molar-refractivity contribution >= 4 is 31.7 Å². The van der Waals surface area contributed by atoms with Gasteiger partial charge in [0.1, 0.15) is 0 Å². The van der Waals surface area contributed by atoms with E-state index in [1.54, 1.807) is 0 Å². The number of hydrogen-bond acceptors (Lipinski definition) is 3. The summed E-state index contributed by atoms with van der Waals surface area (Å²) in [6.45, 7) is 2.38. The summed E-state index contributed by atoms with van der Waals surface area (Å²) in [4.78, 5) is 13.7. The molecule has 19 heavy (non-hydrogen) atoms. The van der Waals surface area contributed by atoms with E-state index in [1.165, 1.54) is 5.56 Å². The second kappa shape index (κ2) is 6.58. The topological polar surface area (TPSA) is 38.8 Å².